The summed E-state index contributed by atoms with van der Waals surface area (Å²) >= 11 is 0. The Labute approximate surface area is 96.8 Å². The molecule has 1 fully saturated rings. The van der Waals surface area contributed by atoms with Crippen LogP contribution in [0.4, 0.5) is 4.79 Å². The molecule has 0 spiro atoms. The molecule has 0 aliphatic carbocycles. The van der Waals surface area contributed by atoms with Crippen LogP contribution in [0.25, 0.3) is 10.4 Å². The predicted molar refractivity (Wildman–Crippen MR) is 57.4 cm³/mol. The van der Waals surface area contributed by atoms with Gasteiger partial charge in [0.05, 0.1) is 6.04 Å². The van der Waals surface area contributed by atoms with Gasteiger partial charge in [-0.1, -0.05) is 11.2 Å². The summed E-state index contributed by atoms with van der Waals surface area (Å²) in [6, 6.07) is -1.86. The Balaban J connectivity index is 3.07. The van der Waals surface area contributed by atoms with Crippen LogP contribution in [0.1, 0.15) is 6.42 Å². The summed E-state index contributed by atoms with van der Waals surface area (Å²) in [5.74, 6) is -1.81. The van der Waals surface area contributed by atoms with E-state index in [4.69, 9.17) is 15.7 Å². The van der Waals surface area contributed by atoms with Gasteiger partial charge in [-0.25, -0.2) is 9.59 Å². The Kier molecular flexibility index (Phi) is 3.95. The lowest BCUT2D eigenvalue weighted by atomic mass is 9.93. The molecule has 8 heteroatoms. The average Bonchev–Trinajstić information content (AvgIpc) is 2.59. The van der Waals surface area contributed by atoms with Gasteiger partial charge in [0.15, 0.2) is 0 Å². The van der Waals surface area contributed by atoms with E-state index in [1.54, 1.807) is 0 Å². The van der Waals surface area contributed by atoms with Crippen LogP contribution in [-0.2, 0) is 4.79 Å². The molecule has 0 radical (unpaired) electrons. The van der Waals surface area contributed by atoms with E-state index in [2.05, 4.69) is 16.6 Å². The molecular formula is C9H12N4O4. The number of carbonyl (C=O) groups is 2. The standard InChI is InChI=1S/C9H12N4O4/c1-2-3-5-6(11-12-10)4-13(9(16)17)7(5)8(14)15/h2,5-7H,1,3-4H2,(H,14,15)(H,16,17)/t5-,6+,7+/m1/s1. The molecule has 1 aliphatic heterocycles. The SMILES string of the molecule is C=CC[C@@H]1[C@@H](N=[N+]=[N-])CN(C(=O)O)[C@@H]1C(=O)O. The van der Waals surface area contributed by atoms with E-state index in [1.807, 2.05) is 0 Å². The number of hydrogen-bond acceptors (Lipinski definition) is 3. The molecule has 17 heavy (non-hydrogen) atoms. The zero-order valence-electron chi connectivity index (χ0n) is 8.93. The second-order valence-corrected chi connectivity index (χ2v) is 3.68. The monoisotopic (exact) mass is 240 g/mol. The smallest absolute Gasteiger partial charge is 0.408 e. The molecule has 0 aromatic carbocycles. The highest BCUT2D eigenvalue weighted by Gasteiger charge is 2.47. The van der Waals surface area contributed by atoms with E-state index in [0.717, 1.165) is 4.90 Å². The molecule has 92 valence electrons. The number of rotatable bonds is 4. The maximum absolute atomic E-state index is 11.1. The molecule has 0 aromatic rings. The van der Waals surface area contributed by atoms with E-state index in [9.17, 15) is 9.59 Å². The maximum Gasteiger partial charge on any atom is 0.408 e. The van der Waals surface area contributed by atoms with Gasteiger partial charge in [-0.05, 0) is 12.0 Å². The summed E-state index contributed by atoms with van der Waals surface area (Å²) in [4.78, 5) is 25.4. The Hall–Kier alpha value is -2.21. The van der Waals surface area contributed by atoms with Crippen molar-refractivity contribution in [1.82, 2.24) is 4.90 Å². The number of carboxylic acids is 1. The van der Waals surface area contributed by atoms with Crippen LogP contribution in [0.3, 0.4) is 0 Å². The predicted octanol–water partition coefficient (Wildman–Crippen LogP) is 1.30. The van der Waals surface area contributed by atoms with Crippen molar-refractivity contribution >= 4 is 12.1 Å². The quantitative estimate of drug-likeness (QED) is 0.332. The molecule has 0 unspecified atom stereocenters. The number of hydrogen-bond donors (Lipinski definition) is 2. The number of nitrogens with zero attached hydrogens (tertiary/aromatic N) is 4. The van der Waals surface area contributed by atoms with Gasteiger partial charge < -0.3 is 10.2 Å². The second kappa shape index (κ2) is 5.22. The van der Waals surface area contributed by atoms with Crippen LogP contribution in [-0.4, -0.2) is 45.8 Å². The minimum atomic E-state index is -1.33. The summed E-state index contributed by atoms with van der Waals surface area (Å²) < 4.78 is 0. The number of likely N-dealkylation sites (tertiary alicyclic amines) is 1. The van der Waals surface area contributed by atoms with Gasteiger partial charge in [0.1, 0.15) is 6.04 Å². The molecule has 0 bridgehead atoms. The van der Waals surface area contributed by atoms with E-state index < -0.39 is 30.1 Å². The van der Waals surface area contributed by atoms with Gasteiger partial charge in [-0.3, -0.25) is 4.90 Å². The number of carboxylic acid groups (broad SMARTS) is 2. The van der Waals surface area contributed by atoms with Crippen LogP contribution in [0.15, 0.2) is 17.8 Å². The van der Waals surface area contributed by atoms with Crippen LogP contribution in [0, 0.1) is 5.92 Å². The molecular weight excluding hydrogens is 228 g/mol. The third kappa shape index (κ3) is 2.48. The highest BCUT2D eigenvalue weighted by molar-refractivity contribution is 5.80. The van der Waals surface area contributed by atoms with Crippen molar-refractivity contribution in [2.45, 2.75) is 18.5 Å². The highest BCUT2D eigenvalue weighted by atomic mass is 16.4. The van der Waals surface area contributed by atoms with Crippen molar-refractivity contribution < 1.29 is 19.8 Å². The lowest BCUT2D eigenvalue weighted by Gasteiger charge is -2.21. The molecule has 1 amide bonds. The molecule has 1 aliphatic rings. The number of aliphatic carboxylic acids is 1. The lowest BCUT2D eigenvalue weighted by molar-refractivity contribution is -0.142. The van der Waals surface area contributed by atoms with Gasteiger partial charge in [-0.2, -0.15) is 0 Å². The Bertz CT molecular complexity index is 390. The Morgan fingerprint density at radius 2 is 2.24 bits per heavy atom. The number of azide groups is 1. The maximum atomic E-state index is 11.1. The van der Waals surface area contributed by atoms with E-state index in [0.29, 0.717) is 0 Å². The molecule has 8 nitrogen and oxygen atoms in total. The summed E-state index contributed by atoms with van der Waals surface area (Å²) in [6.45, 7) is 3.39. The van der Waals surface area contributed by atoms with Gasteiger partial charge in [0.25, 0.3) is 0 Å². The first kappa shape index (κ1) is 12.9. The zero-order valence-corrected chi connectivity index (χ0v) is 8.93. The minimum absolute atomic E-state index is 0.102. The minimum Gasteiger partial charge on any atom is -0.480 e. The van der Waals surface area contributed by atoms with Crippen molar-refractivity contribution in [2.75, 3.05) is 6.54 Å². The van der Waals surface area contributed by atoms with Crippen molar-refractivity contribution in [3.05, 3.63) is 23.1 Å². The van der Waals surface area contributed by atoms with E-state index in [1.165, 1.54) is 6.08 Å². The highest BCUT2D eigenvalue weighted by Crippen LogP contribution is 2.30. The van der Waals surface area contributed by atoms with Crippen LogP contribution in [0.5, 0.6) is 0 Å². The molecule has 1 heterocycles. The van der Waals surface area contributed by atoms with Crippen molar-refractivity contribution in [3.8, 4) is 0 Å². The fourth-order valence-electron chi connectivity index (χ4n) is 2.07. The molecule has 0 aromatic heterocycles. The summed E-state index contributed by atoms with van der Waals surface area (Å²) in [6.07, 6.45) is 0.443. The lowest BCUT2D eigenvalue weighted by Crippen LogP contribution is -2.42. The topological polar surface area (TPSA) is 127 Å². The first-order chi connectivity index (χ1) is 8.02. The van der Waals surface area contributed by atoms with Gasteiger partial charge in [0, 0.05) is 17.4 Å². The van der Waals surface area contributed by atoms with Gasteiger partial charge in [0.2, 0.25) is 0 Å². The Morgan fingerprint density at radius 3 is 2.65 bits per heavy atom. The third-order valence-corrected chi connectivity index (χ3v) is 2.76. The van der Waals surface area contributed by atoms with Gasteiger partial charge in [-0.15, -0.1) is 6.58 Å². The molecule has 3 atom stereocenters. The first-order valence-electron chi connectivity index (χ1n) is 4.90. The fourth-order valence-corrected chi connectivity index (χ4v) is 2.07. The van der Waals surface area contributed by atoms with Crippen LogP contribution in [0.2, 0.25) is 0 Å². The zero-order chi connectivity index (χ0) is 13.0. The van der Waals surface area contributed by atoms with E-state index in [-0.39, 0.29) is 13.0 Å². The number of allylic oxidation sites excluding steroid dienone is 1. The Morgan fingerprint density at radius 1 is 1.59 bits per heavy atom. The van der Waals surface area contributed by atoms with Crippen LogP contribution >= 0.6 is 0 Å². The van der Waals surface area contributed by atoms with Crippen LogP contribution < -0.4 is 0 Å². The largest absolute Gasteiger partial charge is 0.480 e. The third-order valence-electron chi connectivity index (χ3n) is 2.76. The normalized spacial score (nSPS) is 27.3. The molecule has 1 rings (SSSR count). The summed E-state index contributed by atoms with van der Waals surface area (Å²) in [7, 11) is 0. The van der Waals surface area contributed by atoms with Gasteiger partial charge >= 0.3 is 12.1 Å². The van der Waals surface area contributed by atoms with Crippen molar-refractivity contribution in [1.29, 1.82) is 0 Å². The van der Waals surface area contributed by atoms with E-state index >= 15 is 0 Å². The molecule has 0 saturated carbocycles. The molecule has 1 saturated heterocycles. The summed E-state index contributed by atoms with van der Waals surface area (Å²) in [5, 5.41) is 21.4. The number of amides is 1. The fraction of sp³-hybridized carbons (Fsp3) is 0.556. The van der Waals surface area contributed by atoms with Crippen molar-refractivity contribution in [3.63, 3.8) is 0 Å². The molecule has 2 N–H and O–H groups in total. The van der Waals surface area contributed by atoms with Crippen molar-refractivity contribution in [2.24, 2.45) is 11.0 Å². The average molecular weight is 240 g/mol. The first-order valence-corrected chi connectivity index (χ1v) is 4.90. The summed E-state index contributed by atoms with van der Waals surface area (Å²) in [5.41, 5.74) is 8.38. The second-order valence-electron chi connectivity index (χ2n) is 3.68.